The molecule has 33 heavy (non-hydrogen) atoms. The monoisotopic (exact) mass is 464 g/mol. The van der Waals surface area contributed by atoms with Gasteiger partial charge in [0.25, 0.3) is 0 Å². The van der Waals surface area contributed by atoms with Gasteiger partial charge in [-0.1, -0.05) is 78.3 Å². The molecule has 1 aliphatic heterocycles. The van der Waals surface area contributed by atoms with Crippen LogP contribution in [0.2, 0.25) is 5.02 Å². The van der Waals surface area contributed by atoms with Crippen molar-refractivity contribution in [1.82, 2.24) is 9.80 Å². The molecule has 0 saturated carbocycles. The number of piperazine rings is 1. The van der Waals surface area contributed by atoms with Gasteiger partial charge in [-0.2, -0.15) is 0 Å². The van der Waals surface area contributed by atoms with Gasteiger partial charge in [0.1, 0.15) is 6.61 Å². The van der Waals surface area contributed by atoms with Crippen molar-refractivity contribution in [3.8, 4) is 0 Å². The molecule has 1 unspecified atom stereocenters. The van der Waals surface area contributed by atoms with Crippen molar-refractivity contribution in [2.45, 2.75) is 19.2 Å². The quantitative estimate of drug-likeness (QED) is 0.490. The van der Waals surface area contributed by atoms with Crippen LogP contribution in [0.25, 0.3) is 0 Å². The molecule has 0 bridgehead atoms. The largest absolute Gasteiger partial charge is 0.480 e. The van der Waals surface area contributed by atoms with Crippen molar-refractivity contribution < 1.29 is 14.6 Å². The summed E-state index contributed by atoms with van der Waals surface area (Å²) in [5.74, 6) is -0.947. The van der Waals surface area contributed by atoms with Gasteiger partial charge >= 0.3 is 5.97 Å². The Morgan fingerprint density at radius 1 is 0.848 bits per heavy atom. The zero-order chi connectivity index (χ0) is 23.0. The van der Waals surface area contributed by atoms with E-state index in [9.17, 15) is 4.79 Å². The molecule has 0 aliphatic carbocycles. The van der Waals surface area contributed by atoms with Crippen molar-refractivity contribution in [3.05, 3.63) is 106 Å². The smallest absolute Gasteiger partial charge is 0.329 e. The summed E-state index contributed by atoms with van der Waals surface area (Å²) >= 11 is 6.15. The van der Waals surface area contributed by atoms with Gasteiger partial charge in [-0.3, -0.25) is 9.80 Å². The number of carboxylic acid groups (broad SMARTS) is 1. The number of aliphatic carboxylic acids is 1. The van der Waals surface area contributed by atoms with Gasteiger partial charge < -0.3 is 9.84 Å². The fourth-order valence-corrected chi connectivity index (χ4v) is 4.54. The first-order valence-electron chi connectivity index (χ1n) is 11.2. The van der Waals surface area contributed by atoms with Crippen molar-refractivity contribution in [2.24, 2.45) is 0 Å². The van der Waals surface area contributed by atoms with Crippen LogP contribution in [0.4, 0.5) is 0 Å². The highest BCUT2D eigenvalue weighted by Crippen LogP contribution is 2.30. The molecule has 5 nitrogen and oxygen atoms in total. The maximum atomic E-state index is 10.8. The van der Waals surface area contributed by atoms with E-state index in [2.05, 4.69) is 58.3 Å². The first-order chi connectivity index (χ1) is 16.1. The lowest BCUT2D eigenvalue weighted by atomic mass is 9.96. The maximum absolute atomic E-state index is 10.8. The highest BCUT2D eigenvalue weighted by atomic mass is 35.5. The van der Waals surface area contributed by atoms with Crippen LogP contribution >= 0.6 is 11.6 Å². The summed E-state index contributed by atoms with van der Waals surface area (Å²) in [6, 6.07) is 27.1. The predicted octanol–water partition coefficient (Wildman–Crippen LogP) is 4.85. The van der Waals surface area contributed by atoms with E-state index in [1.807, 2.05) is 30.3 Å². The molecular formula is C27H29ClN2O3. The van der Waals surface area contributed by atoms with E-state index in [4.69, 9.17) is 21.4 Å². The normalized spacial score (nSPS) is 15.9. The van der Waals surface area contributed by atoms with Gasteiger partial charge in [0.15, 0.2) is 0 Å². The van der Waals surface area contributed by atoms with Crippen LogP contribution in [-0.4, -0.2) is 53.7 Å². The van der Waals surface area contributed by atoms with Crippen molar-refractivity contribution in [3.63, 3.8) is 0 Å². The molecule has 6 heteroatoms. The standard InChI is InChI=1S/C27H29ClN2O3/c28-25-12-10-22(11-13-25)27(21-6-2-1-3-7-21)30-16-14-29(15-17-30)18-23-8-4-5-9-24(23)19-33-20-26(31)32/h1-13,27H,14-20H2,(H,31,32). The van der Waals surface area contributed by atoms with E-state index in [0.29, 0.717) is 6.61 Å². The first-order valence-corrected chi connectivity index (χ1v) is 11.6. The van der Waals surface area contributed by atoms with Crippen LogP contribution < -0.4 is 0 Å². The molecule has 1 saturated heterocycles. The molecule has 1 aliphatic rings. The maximum Gasteiger partial charge on any atom is 0.329 e. The molecule has 0 amide bonds. The molecular weight excluding hydrogens is 436 g/mol. The van der Waals surface area contributed by atoms with Crippen molar-refractivity contribution in [2.75, 3.05) is 32.8 Å². The number of carbonyl (C=O) groups is 1. The lowest BCUT2D eigenvalue weighted by molar-refractivity contribution is -0.142. The Hall–Kier alpha value is -2.70. The number of hydrogen-bond acceptors (Lipinski definition) is 4. The summed E-state index contributed by atoms with van der Waals surface area (Å²) in [4.78, 5) is 15.7. The number of ether oxygens (including phenoxy) is 1. The summed E-state index contributed by atoms with van der Waals surface area (Å²) in [5, 5.41) is 9.58. The minimum Gasteiger partial charge on any atom is -0.480 e. The van der Waals surface area contributed by atoms with E-state index >= 15 is 0 Å². The molecule has 0 aromatic heterocycles. The SMILES string of the molecule is O=C(O)COCc1ccccc1CN1CCN(C(c2ccccc2)c2ccc(Cl)cc2)CC1. The number of benzene rings is 3. The third-order valence-corrected chi connectivity index (χ3v) is 6.32. The van der Waals surface area contributed by atoms with Crippen molar-refractivity contribution in [1.29, 1.82) is 0 Å². The number of rotatable bonds is 9. The number of halogens is 1. The Labute approximate surface area is 200 Å². The lowest BCUT2D eigenvalue weighted by Crippen LogP contribution is -2.47. The molecule has 172 valence electrons. The first kappa shape index (κ1) is 23.5. The Kier molecular flexibility index (Phi) is 8.13. The fraction of sp³-hybridized carbons (Fsp3) is 0.296. The zero-order valence-corrected chi connectivity index (χ0v) is 19.3. The lowest BCUT2D eigenvalue weighted by Gasteiger charge is -2.40. The van der Waals surface area contributed by atoms with E-state index in [0.717, 1.165) is 43.3 Å². The summed E-state index contributed by atoms with van der Waals surface area (Å²) in [6.45, 7) is 4.70. The van der Waals surface area contributed by atoms with E-state index in [1.165, 1.54) is 16.7 Å². The van der Waals surface area contributed by atoms with Crippen LogP contribution in [-0.2, 0) is 22.7 Å². The van der Waals surface area contributed by atoms with E-state index in [1.54, 1.807) is 0 Å². The van der Waals surface area contributed by atoms with Crippen LogP contribution in [0, 0.1) is 0 Å². The molecule has 1 N–H and O–H groups in total. The minimum atomic E-state index is -0.947. The van der Waals surface area contributed by atoms with Crippen LogP contribution in [0.5, 0.6) is 0 Å². The Morgan fingerprint density at radius 3 is 2.12 bits per heavy atom. The highest BCUT2D eigenvalue weighted by molar-refractivity contribution is 6.30. The molecule has 0 radical (unpaired) electrons. The summed E-state index contributed by atoms with van der Waals surface area (Å²) in [6.07, 6.45) is 0. The Balaban J connectivity index is 1.42. The van der Waals surface area contributed by atoms with Crippen molar-refractivity contribution >= 4 is 17.6 Å². The van der Waals surface area contributed by atoms with Crippen LogP contribution in [0.3, 0.4) is 0 Å². The average Bonchev–Trinajstić information content (AvgIpc) is 2.83. The minimum absolute atomic E-state index is 0.197. The topological polar surface area (TPSA) is 53.0 Å². The third-order valence-electron chi connectivity index (χ3n) is 6.07. The molecule has 1 fully saturated rings. The molecule has 1 atom stereocenters. The Morgan fingerprint density at radius 2 is 1.45 bits per heavy atom. The molecule has 1 heterocycles. The van der Waals surface area contributed by atoms with E-state index in [-0.39, 0.29) is 12.6 Å². The van der Waals surface area contributed by atoms with Gasteiger partial charge in [0, 0.05) is 37.7 Å². The molecule has 3 aromatic carbocycles. The van der Waals surface area contributed by atoms with Gasteiger partial charge in [0.2, 0.25) is 0 Å². The number of carboxylic acids is 1. The second-order valence-electron chi connectivity index (χ2n) is 8.33. The van der Waals surface area contributed by atoms with Gasteiger partial charge in [-0.25, -0.2) is 4.79 Å². The summed E-state index contributed by atoms with van der Waals surface area (Å²) in [5.41, 5.74) is 4.77. The summed E-state index contributed by atoms with van der Waals surface area (Å²) < 4.78 is 5.33. The second-order valence-corrected chi connectivity index (χ2v) is 8.77. The second kappa shape index (κ2) is 11.4. The summed E-state index contributed by atoms with van der Waals surface area (Å²) in [7, 11) is 0. The zero-order valence-electron chi connectivity index (χ0n) is 18.6. The number of hydrogen-bond donors (Lipinski definition) is 1. The molecule has 4 rings (SSSR count). The van der Waals surface area contributed by atoms with Gasteiger partial charge in [-0.05, 0) is 34.4 Å². The van der Waals surface area contributed by atoms with Gasteiger partial charge in [-0.15, -0.1) is 0 Å². The predicted molar refractivity (Wildman–Crippen MR) is 130 cm³/mol. The molecule has 3 aromatic rings. The highest BCUT2D eigenvalue weighted by Gasteiger charge is 2.26. The Bertz CT molecular complexity index is 1030. The molecule has 0 spiro atoms. The average molecular weight is 465 g/mol. The van der Waals surface area contributed by atoms with Crippen LogP contribution in [0.1, 0.15) is 28.3 Å². The van der Waals surface area contributed by atoms with Gasteiger partial charge in [0.05, 0.1) is 12.6 Å². The third kappa shape index (κ3) is 6.42. The van der Waals surface area contributed by atoms with E-state index < -0.39 is 5.97 Å². The van der Waals surface area contributed by atoms with Crippen LogP contribution in [0.15, 0.2) is 78.9 Å². The number of nitrogens with zero attached hydrogens (tertiary/aromatic N) is 2. The fourth-order valence-electron chi connectivity index (χ4n) is 4.42.